The Morgan fingerprint density at radius 2 is 1.88 bits per heavy atom. The SMILES string of the molecule is C[C@@H]1CN(S(=O)(=O)CCNC(=O)CCNC(=O)c2ccco2)C[C@H](C)O1. The topological polar surface area (TPSA) is 118 Å². The van der Waals surface area contributed by atoms with Gasteiger partial charge < -0.3 is 19.8 Å². The fourth-order valence-electron chi connectivity index (χ4n) is 2.68. The Morgan fingerprint density at radius 1 is 1.19 bits per heavy atom. The molecule has 9 nitrogen and oxygen atoms in total. The van der Waals surface area contributed by atoms with E-state index in [2.05, 4.69) is 10.6 Å². The van der Waals surface area contributed by atoms with Crippen LogP contribution in [0.4, 0.5) is 0 Å². The van der Waals surface area contributed by atoms with Gasteiger partial charge in [-0.2, -0.15) is 4.31 Å². The Morgan fingerprint density at radius 3 is 2.50 bits per heavy atom. The third kappa shape index (κ3) is 6.11. The van der Waals surface area contributed by atoms with Crippen molar-refractivity contribution in [2.75, 3.05) is 31.9 Å². The number of hydrogen-bond acceptors (Lipinski definition) is 6. The van der Waals surface area contributed by atoms with Gasteiger partial charge in [0.2, 0.25) is 15.9 Å². The molecule has 1 aromatic rings. The van der Waals surface area contributed by atoms with Crippen LogP contribution in [-0.2, 0) is 19.6 Å². The molecule has 2 atom stereocenters. The van der Waals surface area contributed by atoms with Crippen LogP contribution in [0.15, 0.2) is 22.8 Å². The van der Waals surface area contributed by atoms with Crippen molar-refractivity contribution in [3.63, 3.8) is 0 Å². The molecule has 1 saturated heterocycles. The van der Waals surface area contributed by atoms with Crippen LogP contribution < -0.4 is 10.6 Å². The molecule has 1 fully saturated rings. The molecule has 146 valence electrons. The molecule has 2 amide bonds. The molecular weight excluding hydrogens is 362 g/mol. The third-order valence-corrected chi connectivity index (χ3v) is 5.65. The first-order valence-electron chi connectivity index (χ1n) is 8.49. The smallest absolute Gasteiger partial charge is 0.286 e. The van der Waals surface area contributed by atoms with E-state index in [4.69, 9.17) is 9.15 Å². The summed E-state index contributed by atoms with van der Waals surface area (Å²) < 4.78 is 36.6. The van der Waals surface area contributed by atoms with E-state index in [-0.39, 0.29) is 49.1 Å². The molecule has 0 unspecified atom stereocenters. The highest BCUT2D eigenvalue weighted by atomic mass is 32.2. The number of hydrogen-bond donors (Lipinski definition) is 2. The van der Waals surface area contributed by atoms with E-state index in [1.54, 1.807) is 6.07 Å². The zero-order valence-electron chi connectivity index (χ0n) is 14.9. The van der Waals surface area contributed by atoms with Crippen molar-refractivity contribution in [3.05, 3.63) is 24.2 Å². The average molecular weight is 387 g/mol. The van der Waals surface area contributed by atoms with Gasteiger partial charge in [-0.25, -0.2) is 8.42 Å². The van der Waals surface area contributed by atoms with Crippen LogP contribution in [0.25, 0.3) is 0 Å². The number of sulfonamides is 1. The highest BCUT2D eigenvalue weighted by Crippen LogP contribution is 2.14. The number of amides is 2. The van der Waals surface area contributed by atoms with Gasteiger partial charge in [0.1, 0.15) is 0 Å². The molecule has 10 heteroatoms. The lowest BCUT2D eigenvalue weighted by Gasteiger charge is -2.34. The van der Waals surface area contributed by atoms with Crippen molar-refractivity contribution in [2.45, 2.75) is 32.5 Å². The Bertz CT molecular complexity index is 694. The minimum absolute atomic E-state index is 0.0212. The number of furan rings is 1. The predicted molar refractivity (Wildman–Crippen MR) is 94.0 cm³/mol. The Hall–Kier alpha value is -1.91. The molecule has 0 radical (unpaired) electrons. The third-order valence-electron chi connectivity index (χ3n) is 3.84. The monoisotopic (exact) mass is 387 g/mol. The van der Waals surface area contributed by atoms with E-state index in [0.29, 0.717) is 13.1 Å². The van der Waals surface area contributed by atoms with E-state index in [1.807, 2.05) is 13.8 Å². The minimum Gasteiger partial charge on any atom is -0.459 e. The van der Waals surface area contributed by atoms with Crippen molar-refractivity contribution < 1.29 is 27.2 Å². The summed E-state index contributed by atoms with van der Waals surface area (Å²) >= 11 is 0. The molecule has 0 aliphatic carbocycles. The van der Waals surface area contributed by atoms with Gasteiger partial charge in [-0.15, -0.1) is 0 Å². The van der Waals surface area contributed by atoms with Gasteiger partial charge in [0.15, 0.2) is 5.76 Å². The van der Waals surface area contributed by atoms with Crippen molar-refractivity contribution in [2.24, 2.45) is 0 Å². The van der Waals surface area contributed by atoms with E-state index in [0.717, 1.165) is 0 Å². The summed E-state index contributed by atoms with van der Waals surface area (Å²) in [5.41, 5.74) is 0. The molecular formula is C16H25N3O6S. The maximum atomic E-state index is 12.3. The van der Waals surface area contributed by atoms with E-state index >= 15 is 0 Å². The first-order chi connectivity index (χ1) is 12.3. The van der Waals surface area contributed by atoms with Crippen LogP contribution in [0.2, 0.25) is 0 Å². The molecule has 1 aromatic heterocycles. The van der Waals surface area contributed by atoms with Crippen molar-refractivity contribution in [1.82, 2.24) is 14.9 Å². The van der Waals surface area contributed by atoms with Crippen molar-refractivity contribution >= 4 is 21.8 Å². The molecule has 0 aromatic carbocycles. The molecule has 0 bridgehead atoms. The fraction of sp³-hybridized carbons (Fsp3) is 0.625. The summed E-state index contributed by atoms with van der Waals surface area (Å²) in [7, 11) is -3.45. The minimum atomic E-state index is -3.45. The molecule has 1 aliphatic heterocycles. The maximum Gasteiger partial charge on any atom is 0.286 e. The molecule has 0 spiro atoms. The molecule has 2 N–H and O–H groups in total. The van der Waals surface area contributed by atoms with Gasteiger partial charge in [0, 0.05) is 32.6 Å². The van der Waals surface area contributed by atoms with Crippen molar-refractivity contribution in [3.8, 4) is 0 Å². The van der Waals surface area contributed by atoms with Crippen LogP contribution in [0.5, 0.6) is 0 Å². The summed E-state index contributed by atoms with van der Waals surface area (Å²) in [4.78, 5) is 23.4. The second kappa shape index (κ2) is 9.15. The first kappa shape index (κ1) is 20.4. The van der Waals surface area contributed by atoms with E-state index < -0.39 is 15.9 Å². The lowest BCUT2D eigenvalue weighted by molar-refractivity contribution is -0.120. The quantitative estimate of drug-likeness (QED) is 0.646. The predicted octanol–water partition coefficient (Wildman–Crippen LogP) is -0.0453. The fourth-order valence-corrected chi connectivity index (χ4v) is 4.17. The Kier molecular flexibility index (Phi) is 7.18. The largest absolute Gasteiger partial charge is 0.459 e. The zero-order valence-corrected chi connectivity index (χ0v) is 15.8. The number of carbonyl (C=O) groups excluding carboxylic acids is 2. The average Bonchev–Trinajstić information content (AvgIpc) is 3.08. The van der Waals surface area contributed by atoms with Crippen molar-refractivity contribution in [1.29, 1.82) is 0 Å². The first-order valence-corrected chi connectivity index (χ1v) is 10.1. The van der Waals surface area contributed by atoms with Gasteiger partial charge in [-0.1, -0.05) is 0 Å². The molecule has 26 heavy (non-hydrogen) atoms. The van der Waals surface area contributed by atoms with Gasteiger partial charge in [-0.05, 0) is 26.0 Å². The summed E-state index contributed by atoms with van der Waals surface area (Å²) in [6.07, 6.45) is 1.14. The number of morpholine rings is 1. The van der Waals surface area contributed by atoms with Gasteiger partial charge in [0.05, 0.1) is 24.2 Å². The second-order valence-corrected chi connectivity index (χ2v) is 8.31. The number of nitrogens with zero attached hydrogens (tertiary/aromatic N) is 1. The Balaban J connectivity index is 1.66. The van der Waals surface area contributed by atoms with Gasteiger partial charge in [0.25, 0.3) is 5.91 Å². The lowest BCUT2D eigenvalue weighted by Crippen LogP contribution is -2.49. The van der Waals surface area contributed by atoms with E-state index in [1.165, 1.54) is 16.6 Å². The van der Waals surface area contributed by atoms with Crippen LogP contribution in [0.1, 0.15) is 30.8 Å². The van der Waals surface area contributed by atoms with Crippen LogP contribution in [0, 0.1) is 0 Å². The van der Waals surface area contributed by atoms with Crippen LogP contribution >= 0.6 is 0 Å². The standard InChI is InChI=1S/C16H25N3O6S/c1-12-10-19(11-13(2)25-12)26(22,23)9-7-17-15(20)5-6-18-16(21)14-4-3-8-24-14/h3-4,8,12-13H,5-7,9-11H2,1-2H3,(H,17,20)(H,18,21)/t12-,13+. The molecule has 1 aliphatic rings. The maximum absolute atomic E-state index is 12.3. The zero-order chi connectivity index (χ0) is 19.2. The number of nitrogens with one attached hydrogen (secondary N) is 2. The number of ether oxygens (including phenoxy) is 1. The summed E-state index contributed by atoms with van der Waals surface area (Å²) in [5.74, 6) is -0.730. The summed E-state index contributed by atoms with van der Waals surface area (Å²) in [6.45, 7) is 4.46. The van der Waals surface area contributed by atoms with Gasteiger partial charge >= 0.3 is 0 Å². The number of rotatable bonds is 8. The van der Waals surface area contributed by atoms with E-state index in [9.17, 15) is 18.0 Å². The van der Waals surface area contributed by atoms with Crippen LogP contribution in [0.3, 0.4) is 0 Å². The Labute approximate surface area is 153 Å². The normalized spacial score (nSPS) is 21.3. The lowest BCUT2D eigenvalue weighted by atomic mass is 10.3. The molecule has 2 heterocycles. The molecule has 2 rings (SSSR count). The van der Waals surface area contributed by atoms with Crippen LogP contribution in [-0.4, -0.2) is 68.7 Å². The highest BCUT2D eigenvalue weighted by Gasteiger charge is 2.30. The van der Waals surface area contributed by atoms with Gasteiger partial charge in [-0.3, -0.25) is 9.59 Å². The summed E-state index contributed by atoms with van der Waals surface area (Å²) in [6, 6.07) is 3.12. The highest BCUT2D eigenvalue weighted by molar-refractivity contribution is 7.89. The second-order valence-electron chi connectivity index (χ2n) is 6.22. The number of carbonyl (C=O) groups is 2. The molecule has 0 saturated carbocycles. The summed E-state index contributed by atoms with van der Waals surface area (Å²) in [5, 5.41) is 5.11.